The largest absolute Gasteiger partial charge is 0.416 e. The first-order chi connectivity index (χ1) is 14.3. The molecule has 0 aliphatic carbocycles. The van der Waals surface area contributed by atoms with Gasteiger partial charge in [-0.25, -0.2) is 10.5 Å². The van der Waals surface area contributed by atoms with Gasteiger partial charge in [0.15, 0.2) is 0 Å². The molecule has 0 spiro atoms. The summed E-state index contributed by atoms with van der Waals surface area (Å²) in [4.78, 5) is 0. The summed E-state index contributed by atoms with van der Waals surface area (Å²) in [7, 11) is 0. The second-order valence-corrected chi connectivity index (χ2v) is 7.53. The standard InChI is InChI=1S/C22H24ClF3N4/c1-16-5-2-3-6-18(16)11-17-13-29-30(15-17)28-10-4-9-27-14-19-12-20(22(24,25)26)7-8-21(19)23/h2-3,5-8,11-13,27-28H,4,9-10,14-15H2,1H3. The smallest absolute Gasteiger partial charge is 0.313 e. The van der Waals surface area contributed by atoms with E-state index in [0.29, 0.717) is 30.2 Å². The molecule has 0 saturated heterocycles. The van der Waals surface area contributed by atoms with E-state index in [0.717, 1.165) is 24.1 Å². The van der Waals surface area contributed by atoms with Crippen LogP contribution in [0.1, 0.15) is 28.7 Å². The second-order valence-electron chi connectivity index (χ2n) is 7.12. The summed E-state index contributed by atoms with van der Waals surface area (Å²) >= 11 is 6.01. The highest BCUT2D eigenvalue weighted by Gasteiger charge is 2.30. The predicted molar refractivity (Wildman–Crippen MR) is 115 cm³/mol. The number of alkyl halides is 3. The van der Waals surface area contributed by atoms with E-state index < -0.39 is 11.7 Å². The third kappa shape index (κ3) is 6.32. The molecule has 8 heteroatoms. The van der Waals surface area contributed by atoms with Crippen LogP contribution in [-0.2, 0) is 12.7 Å². The van der Waals surface area contributed by atoms with Crippen molar-refractivity contribution in [1.29, 1.82) is 0 Å². The van der Waals surface area contributed by atoms with Crippen LogP contribution in [0.4, 0.5) is 13.2 Å². The van der Waals surface area contributed by atoms with Crippen molar-refractivity contribution in [3.63, 3.8) is 0 Å². The van der Waals surface area contributed by atoms with Gasteiger partial charge in [0.2, 0.25) is 0 Å². The second kappa shape index (κ2) is 10.1. The first kappa shape index (κ1) is 22.3. The number of hydrogen-bond donors (Lipinski definition) is 2. The van der Waals surface area contributed by atoms with E-state index >= 15 is 0 Å². The van der Waals surface area contributed by atoms with Crippen LogP contribution in [-0.4, -0.2) is 31.0 Å². The fourth-order valence-corrected chi connectivity index (χ4v) is 3.24. The zero-order valence-corrected chi connectivity index (χ0v) is 17.4. The Morgan fingerprint density at radius 1 is 1.17 bits per heavy atom. The Morgan fingerprint density at radius 3 is 2.73 bits per heavy atom. The van der Waals surface area contributed by atoms with Crippen molar-refractivity contribution in [2.75, 3.05) is 19.6 Å². The lowest BCUT2D eigenvalue weighted by molar-refractivity contribution is -0.137. The molecular formula is C22H24ClF3N4. The average Bonchev–Trinajstić information content (AvgIpc) is 3.14. The predicted octanol–water partition coefficient (Wildman–Crippen LogP) is 5.04. The molecule has 1 heterocycles. The molecule has 30 heavy (non-hydrogen) atoms. The lowest BCUT2D eigenvalue weighted by Gasteiger charge is -2.15. The van der Waals surface area contributed by atoms with Gasteiger partial charge in [-0.05, 0) is 66.4 Å². The van der Waals surface area contributed by atoms with Crippen molar-refractivity contribution >= 4 is 23.9 Å². The summed E-state index contributed by atoms with van der Waals surface area (Å²) in [6, 6.07) is 11.6. The molecule has 4 nitrogen and oxygen atoms in total. The van der Waals surface area contributed by atoms with Crippen molar-refractivity contribution < 1.29 is 13.2 Å². The lowest BCUT2D eigenvalue weighted by atomic mass is 10.1. The van der Waals surface area contributed by atoms with Crippen LogP contribution in [0.3, 0.4) is 0 Å². The highest BCUT2D eigenvalue weighted by atomic mass is 35.5. The van der Waals surface area contributed by atoms with Crippen molar-refractivity contribution in [2.45, 2.75) is 26.1 Å². The van der Waals surface area contributed by atoms with E-state index in [1.54, 1.807) is 5.12 Å². The molecule has 160 valence electrons. The van der Waals surface area contributed by atoms with Gasteiger partial charge in [-0.3, -0.25) is 0 Å². The molecule has 0 unspecified atom stereocenters. The summed E-state index contributed by atoms with van der Waals surface area (Å²) in [6.45, 7) is 4.38. The Morgan fingerprint density at radius 2 is 1.97 bits per heavy atom. The minimum atomic E-state index is -4.37. The molecule has 0 amide bonds. The lowest BCUT2D eigenvalue weighted by Crippen LogP contribution is -2.34. The number of hydrazine groups is 1. The summed E-state index contributed by atoms with van der Waals surface area (Å²) in [5.41, 5.74) is 6.50. The van der Waals surface area contributed by atoms with E-state index in [1.165, 1.54) is 17.2 Å². The highest BCUT2D eigenvalue weighted by Crippen LogP contribution is 2.31. The maximum absolute atomic E-state index is 12.8. The van der Waals surface area contributed by atoms with Gasteiger partial charge in [0, 0.05) is 18.1 Å². The van der Waals surface area contributed by atoms with Crippen molar-refractivity contribution in [1.82, 2.24) is 15.9 Å². The summed E-state index contributed by atoms with van der Waals surface area (Å²) in [5.74, 6) is 0. The van der Waals surface area contributed by atoms with Gasteiger partial charge in [0.1, 0.15) is 0 Å². The number of aryl methyl sites for hydroxylation is 1. The quantitative estimate of drug-likeness (QED) is 0.570. The number of rotatable bonds is 8. The van der Waals surface area contributed by atoms with Crippen molar-refractivity contribution in [3.05, 3.63) is 75.3 Å². The van der Waals surface area contributed by atoms with Crippen molar-refractivity contribution in [2.24, 2.45) is 5.10 Å². The molecule has 1 aliphatic heterocycles. The monoisotopic (exact) mass is 436 g/mol. The number of hydrazone groups is 1. The number of halogens is 4. The van der Waals surface area contributed by atoms with E-state index in [-0.39, 0.29) is 6.54 Å². The zero-order valence-electron chi connectivity index (χ0n) is 16.6. The van der Waals surface area contributed by atoms with E-state index in [1.807, 2.05) is 18.3 Å². The zero-order chi connectivity index (χ0) is 21.6. The Bertz CT molecular complexity index is 925. The fourth-order valence-electron chi connectivity index (χ4n) is 3.06. The molecule has 0 radical (unpaired) electrons. The third-order valence-electron chi connectivity index (χ3n) is 4.74. The Labute approximate surface area is 179 Å². The van der Waals surface area contributed by atoms with Gasteiger partial charge in [0.25, 0.3) is 0 Å². The van der Waals surface area contributed by atoms with E-state index in [9.17, 15) is 13.2 Å². The molecule has 0 fully saturated rings. The van der Waals surface area contributed by atoms with Crippen LogP contribution in [0.5, 0.6) is 0 Å². The Kier molecular flexibility index (Phi) is 7.53. The average molecular weight is 437 g/mol. The summed E-state index contributed by atoms with van der Waals surface area (Å²) in [6.07, 6.45) is 0.389. The molecule has 0 aromatic heterocycles. The summed E-state index contributed by atoms with van der Waals surface area (Å²) < 4.78 is 38.4. The fraction of sp³-hybridized carbons (Fsp3) is 0.318. The van der Waals surface area contributed by atoms with Crippen molar-refractivity contribution in [3.8, 4) is 0 Å². The van der Waals surface area contributed by atoms with Gasteiger partial charge < -0.3 is 5.32 Å². The number of hydrogen-bond acceptors (Lipinski definition) is 4. The maximum Gasteiger partial charge on any atom is 0.416 e. The molecule has 0 atom stereocenters. The van der Waals surface area contributed by atoms with Crippen LogP contribution in [0.2, 0.25) is 5.02 Å². The Hall–Kier alpha value is -2.35. The third-order valence-corrected chi connectivity index (χ3v) is 5.11. The van der Waals surface area contributed by atoms with Crippen LogP contribution in [0, 0.1) is 6.92 Å². The molecule has 1 aliphatic rings. The van der Waals surface area contributed by atoms with E-state index in [4.69, 9.17) is 11.6 Å². The maximum atomic E-state index is 12.8. The topological polar surface area (TPSA) is 39.7 Å². The van der Waals surface area contributed by atoms with Crippen LogP contribution < -0.4 is 10.7 Å². The van der Waals surface area contributed by atoms with Crippen LogP contribution in [0.15, 0.2) is 53.1 Å². The van der Waals surface area contributed by atoms with Gasteiger partial charge in [-0.15, -0.1) is 0 Å². The molecular weight excluding hydrogens is 413 g/mol. The first-order valence-corrected chi connectivity index (χ1v) is 10.1. The molecule has 2 aromatic rings. The number of benzene rings is 2. The van der Waals surface area contributed by atoms with Crippen LogP contribution in [0.25, 0.3) is 6.08 Å². The molecule has 2 aromatic carbocycles. The number of nitrogens with zero attached hydrogens (tertiary/aromatic N) is 2. The highest BCUT2D eigenvalue weighted by molar-refractivity contribution is 6.31. The minimum absolute atomic E-state index is 0.286. The van der Waals surface area contributed by atoms with Gasteiger partial charge in [-0.2, -0.15) is 18.3 Å². The SMILES string of the molecule is Cc1ccccc1C=C1C=NN(NCCCNCc2cc(C(F)(F)F)ccc2Cl)C1. The van der Waals surface area contributed by atoms with Gasteiger partial charge in [0.05, 0.1) is 18.3 Å². The molecule has 0 bridgehead atoms. The summed E-state index contributed by atoms with van der Waals surface area (Å²) in [5, 5.41) is 9.58. The van der Waals surface area contributed by atoms with E-state index in [2.05, 4.69) is 41.0 Å². The van der Waals surface area contributed by atoms with Gasteiger partial charge >= 0.3 is 6.18 Å². The van der Waals surface area contributed by atoms with Crippen LogP contribution >= 0.6 is 11.6 Å². The minimum Gasteiger partial charge on any atom is -0.313 e. The first-order valence-electron chi connectivity index (χ1n) is 9.70. The number of nitrogens with one attached hydrogen (secondary N) is 2. The molecule has 0 saturated carbocycles. The normalized spacial score (nSPS) is 15.4. The molecule has 2 N–H and O–H groups in total. The van der Waals surface area contributed by atoms with Gasteiger partial charge in [-0.1, -0.05) is 35.9 Å². The Balaban J connectivity index is 1.37. The molecule has 3 rings (SSSR count).